The molecule has 0 fully saturated rings. The molecule has 1 aliphatic rings. The van der Waals surface area contributed by atoms with Gasteiger partial charge in [0.15, 0.2) is 17.3 Å². The fraction of sp³-hybridized carbons (Fsp3) is 0.133. The molecule has 1 aromatic rings. The van der Waals surface area contributed by atoms with Gasteiger partial charge >= 0.3 is 0 Å². The van der Waals surface area contributed by atoms with Crippen LogP contribution in [0.3, 0.4) is 0 Å². The second kappa shape index (κ2) is 5.44. The van der Waals surface area contributed by atoms with E-state index >= 15 is 0 Å². The summed E-state index contributed by atoms with van der Waals surface area (Å²) in [6, 6.07) is 6.59. The Morgan fingerprint density at radius 1 is 1.00 bits per heavy atom. The van der Waals surface area contributed by atoms with E-state index in [9.17, 15) is 9.90 Å². The van der Waals surface area contributed by atoms with Gasteiger partial charge < -0.3 is 14.6 Å². The first-order valence-corrected chi connectivity index (χ1v) is 5.71. The van der Waals surface area contributed by atoms with Gasteiger partial charge in [-0.05, 0) is 29.8 Å². The zero-order valence-corrected chi connectivity index (χ0v) is 10.7. The van der Waals surface area contributed by atoms with E-state index in [1.54, 1.807) is 36.4 Å². The summed E-state index contributed by atoms with van der Waals surface area (Å²) in [6.07, 6.45) is 4.75. The van der Waals surface area contributed by atoms with Crippen molar-refractivity contribution >= 4 is 11.9 Å². The van der Waals surface area contributed by atoms with Gasteiger partial charge in [-0.3, -0.25) is 4.79 Å². The fourth-order valence-corrected chi connectivity index (χ4v) is 1.74. The number of hydrogen-bond acceptors (Lipinski definition) is 4. The smallest absolute Gasteiger partial charge is 0.189 e. The van der Waals surface area contributed by atoms with E-state index in [2.05, 4.69) is 0 Å². The molecule has 2 rings (SSSR count). The summed E-state index contributed by atoms with van der Waals surface area (Å²) in [7, 11) is 3.01. The fourth-order valence-electron chi connectivity index (χ4n) is 1.74. The van der Waals surface area contributed by atoms with Crippen LogP contribution in [0, 0.1) is 0 Å². The zero-order chi connectivity index (χ0) is 13.8. The van der Waals surface area contributed by atoms with Crippen molar-refractivity contribution in [2.24, 2.45) is 0 Å². The number of hydrogen-bond donors (Lipinski definition) is 1. The molecule has 4 nitrogen and oxygen atoms in total. The lowest BCUT2D eigenvalue weighted by Gasteiger charge is -2.14. The number of allylic oxidation sites excluding steroid dienone is 3. The van der Waals surface area contributed by atoms with Crippen LogP contribution in [0.5, 0.6) is 5.75 Å². The van der Waals surface area contributed by atoms with Crippen molar-refractivity contribution < 1.29 is 19.4 Å². The van der Waals surface area contributed by atoms with E-state index in [-0.39, 0.29) is 11.5 Å². The Hall–Kier alpha value is -2.49. The second-order valence-electron chi connectivity index (χ2n) is 3.98. The zero-order valence-electron chi connectivity index (χ0n) is 10.7. The lowest BCUT2D eigenvalue weighted by atomic mass is 10.0. The maximum absolute atomic E-state index is 11.9. The van der Waals surface area contributed by atoms with Crippen molar-refractivity contribution in [3.8, 4) is 5.75 Å². The Bertz CT molecular complexity index is 577. The van der Waals surface area contributed by atoms with Crippen molar-refractivity contribution in [3.05, 3.63) is 59.1 Å². The highest BCUT2D eigenvalue weighted by Crippen LogP contribution is 2.23. The van der Waals surface area contributed by atoms with E-state index < -0.39 is 0 Å². The van der Waals surface area contributed by atoms with Gasteiger partial charge in [0.1, 0.15) is 5.75 Å². The molecule has 0 spiro atoms. The van der Waals surface area contributed by atoms with Crippen molar-refractivity contribution in [2.45, 2.75) is 0 Å². The Labute approximate surface area is 111 Å². The molecule has 0 unspecified atom stereocenters. The van der Waals surface area contributed by atoms with Crippen molar-refractivity contribution in [1.29, 1.82) is 0 Å². The number of phenolic OH excluding ortho intramolecular Hbond substituents is 1. The van der Waals surface area contributed by atoms with E-state index in [4.69, 9.17) is 9.47 Å². The van der Waals surface area contributed by atoms with Crippen LogP contribution in [-0.2, 0) is 14.3 Å². The van der Waals surface area contributed by atoms with Gasteiger partial charge in [0.25, 0.3) is 0 Å². The van der Waals surface area contributed by atoms with Gasteiger partial charge in [-0.15, -0.1) is 0 Å². The first-order chi connectivity index (χ1) is 9.13. The number of carbonyl (C=O) groups is 1. The van der Waals surface area contributed by atoms with Crippen LogP contribution in [0.2, 0.25) is 0 Å². The summed E-state index contributed by atoms with van der Waals surface area (Å²) >= 11 is 0. The molecule has 98 valence electrons. The van der Waals surface area contributed by atoms with Crippen LogP contribution in [0.1, 0.15) is 5.56 Å². The number of ether oxygens (including phenoxy) is 2. The molecule has 0 saturated carbocycles. The van der Waals surface area contributed by atoms with E-state index in [0.717, 1.165) is 5.56 Å². The lowest BCUT2D eigenvalue weighted by molar-refractivity contribution is -0.111. The SMILES string of the molecule is COC1=CC(=O)/C(=C/c2ccc(O)cc2)C=C1OC. The van der Waals surface area contributed by atoms with E-state index in [1.807, 2.05) is 0 Å². The third kappa shape index (κ3) is 2.85. The standard InChI is InChI=1S/C15H14O4/c1-18-14-8-11(13(17)9-15(14)19-2)7-10-3-5-12(16)6-4-10/h3-9,16H,1-2H3/b11-7+. The summed E-state index contributed by atoms with van der Waals surface area (Å²) in [4.78, 5) is 11.9. The van der Waals surface area contributed by atoms with Crippen LogP contribution >= 0.6 is 0 Å². The number of benzene rings is 1. The largest absolute Gasteiger partial charge is 0.508 e. The molecule has 19 heavy (non-hydrogen) atoms. The monoisotopic (exact) mass is 258 g/mol. The third-order valence-corrected chi connectivity index (χ3v) is 2.73. The second-order valence-corrected chi connectivity index (χ2v) is 3.98. The molecule has 0 radical (unpaired) electrons. The topological polar surface area (TPSA) is 55.8 Å². The molecular formula is C15H14O4. The molecular weight excluding hydrogens is 244 g/mol. The third-order valence-electron chi connectivity index (χ3n) is 2.73. The number of phenols is 1. The van der Waals surface area contributed by atoms with E-state index in [1.165, 1.54) is 20.3 Å². The highest BCUT2D eigenvalue weighted by Gasteiger charge is 2.18. The lowest BCUT2D eigenvalue weighted by Crippen LogP contribution is -2.09. The van der Waals surface area contributed by atoms with Crippen LogP contribution in [-0.4, -0.2) is 25.1 Å². The van der Waals surface area contributed by atoms with Crippen LogP contribution in [0.15, 0.2) is 53.5 Å². The van der Waals surface area contributed by atoms with E-state index in [0.29, 0.717) is 17.1 Å². The van der Waals surface area contributed by atoms with Gasteiger partial charge in [0.2, 0.25) is 0 Å². The minimum absolute atomic E-state index is 0.147. The number of aromatic hydroxyl groups is 1. The highest BCUT2D eigenvalue weighted by atomic mass is 16.5. The molecule has 1 aromatic carbocycles. The summed E-state index contributed by atoms with van der Waals surface area (Å²) in [5.41, 5.74) is 1.32. The number of carbonyl (C=O) groups excluding carboxylic acids is 1. The van der Waals surface area contributed by atoms with Gasteiger partial charge in [-0.25, -0.2) is 0 Å². The molecule has 0 bridgehead atoms. The molecule has 1 aliphatic carbocycles. The minimum Gasteiger partial charge on any atom is -0.508 e. The first-order valence-electron chi connectivity index (χ1n) is 5.71. The van der Waals surface area contributed by atoms with Gasteiger partial charge in [0, 0.05) is 11.6 Å². The normalized spacial score (nSPS) is 16.9. The van der Waals surface area contributed by atoms with Crippen LogP contribution in [0.4, 0.5) is 0 Å². The first kappa shape index (κ1) is 13.0. The Balaban J connectivity index is 2.35. The average Bonchev–Trinajstić information content (AvgIpc) is 2.43. The Morgan fingerprint density at radius 2 is 1.58 bits per heavy atom. The van der Waals surface area contributed by atoms with Crippen molar-refractivity contribution in [3.63, 3.8) is 0 Å². The summed E-state index contributed by atoms with van der Waals surface area (Å²) in [5, 5.41) is 9.22. The van der Waals surface area contributed by atoms with Crippen molar-refractivity contribution in [1.82, 2.24) is 0 Å². The number of ketones is 1. The van der Waals surface area contributed by atoms with Gasteiger partial charge in [0.05, 0.1) is 14.2 Å². The maximum Gasteiger partial charge on any atom is 0.189 e. The molecule has 0 atom stereocenters. The van der Waals surface area contributed by atoms with Gasteiger partial charge in [-0.1, -0.05) is 12.1 Å². The molecule has 0 amide bonds. The maximum atomic E-state index is 11.9. The molecule has 0 aromatic heterocycles. The quantitative estimate of drug-likeness (QED) is 0.846. The molecule has 0 saturated heterocycles. The molecule has 4 heteroatoms. The highest BCUT2D eigenvalue weighted by molar-refractivity contribution is 6.11. The van der Waals surface area contributed by atoms with Crippen molar-refractivity contribution in [2.75, 3.05) is 14.2 Å². The number of rotatable bonds is 3. The molecule has 1 N–H and O–H groups in total. The number of methoxy groups -OCH3 is 2. The Kier molecular flexibility index (Phi) is 3.71. The summed E-state index contributed by atoms with van der Waals surface area (Å²) in [5.74, 6) is 0.958. The average molecular weight is 258 g/mol. The predicted molar refractivity (Wildman–Crippen MR) is 71.3 cm³/mol. The summed E-state index contributed by atoms with van der Waals surface area (Å²) < 4.78 is 10.2. The molecule has 0 heterocycles. The predicted octanol–water partition coefficient (Wildman–Crippen LogP) is 2.42. The minimum atomic E-state index is -0.147. The van der Waals surface area contributed by atoms with Crippen LogP contribution < -0.4 is 0 Å². The molecule has 0 aliphatic heterocycles. The Morgan fingerprint density at radius 3 is 2.16 bits per heavy atom. The summed E-state index contributed by atoms with van der Waals surface area (Å²) in [6.45, 7) is 0. The van der Waals surface area contributed by atoms with Gasteiger partial charge in [-0.2, -0.15) is 0 Å². The van der Waals surface area contributed by atoms with Crippen LogP contribution in [0.25, 0.3) is 6.08 Å².